The number of fused-ring (bicyclic) bond motifs is 3. The van der Waals surface area contributed by atoms with Crippen LogP contribution in [0.1, 0.15) is 17.5 Å². The summed E-state index contributed by atoms with van der Waals surface area (Å²) >= 11 is 0. The molecule has 2 aromatic carbocycles. The largest absolute Gasteiger partial charge is 0.469 e. The van der Waals surface area contributed by atoms with Gasteiger partial charge in [0, 0.05) is 0 Å². The molecule has 1 aliphatic carbocycles. The van der Waals surface area contributed by atoms with Gasteiger partial charge in [0.2, 0.25) is 0 Å². The average molecular weight is 412 g/mol. The number of carbonyl (C=O) groups excluding carboxylic acids is 1. The topological polar surface area (TPSA) is 124 Å². The van der Waals surface area contributed by atoms with E-state index in [4.69, 9.17) is 4.18 Å². The van der Waals surface area contributed by atoms with E-state index in [1.807, 2.05) is 0 Å². The third-order valence-electron chi connectivity index (χ3n) is 4.18. The Balaban J connectivity index is 1.85. The molecule has 0 radical (unpaired) electrons. The van der Waals surface area contributed by atoms with Gasteiger partial charge in [-0.3, -0.25) is 13.5 Å². The second kappa shape index (κ2) is 7.04. The van der Waals surface area contributed by atoms with Gasteiger partial charge in [-0.2, -0.15) is 16.8 Å². The molecule has 0 saturated carbocycles. The number of esters is 1. The summed E-state index contributed by atoms with van der Waals surface area (Å²) in [6.07, 6.45) is 0.129. The third-order valence-corrected chi connectivity index (χ3v) is 6.34. The maximum Gasteiger partial charge on any atom is 0.307 e. The van der Waals surface area contributed by atoms with Crippen LogP contribution in [-0.4, -0.2) is 41.1 Å². The molecule has 0 saturated heterocycles. The van der Waals surface area contributed by atoms with Crippen molar-refractivity contribution in [2.75, 3.05) is 13.7 Å². The number of methoxy groups -OCH3 is 1. The smallest absolute Gasteiger partial charge is 0.307 e. The number of hydrogen-bond donors (Lipinski definition) is 1. The lowest BCUT2D eigenvalue weighted by Gasteiger charge is -2.07. The van der Waals surface area contributed by atoms with Crippen LogP contribution in [0.2, 0.25) is 0 Å². The standard InChI is InChI=1S/C17H16O8S2/c1-24-17(18)6-7-25-27(22,23)14-3-5-16-12(10-14)8-11-9-13(26(19,20)21)2-4-15(11)16/h2-5,9-10H,6-8H2,1H3,(H,19,20,21). The van der Waals surface area contributed by atoms with Gasteiger partial charge in [0.05, 0.1) is 29.9 Å². The highest BCUT2D eigenvalue weighted by atomic mass is 32.2. The summed E-state index contributed by atoms with van der Waals surface area (Å²) in [5.41, 5.74) is 2.91. The van der Waals surface area contributed by atoms with Crippen LogP contribution in [-0.2, 0) is 40.4 Å². The van der Waals surface area contributed by atoms with Gasteiger partial charge in [-0.1, -0.05) is 12.1 Å². The first-order chi connectivity index (χ1) is 12.6. The Kier molecular flexibility index (Phi) is 5.08. The molecule has 1 N–H and O–H groups in total. The number of ether oxygens (including phenoxy) is 1. The Morgan fingerprint density at radius 3 is 2.11 bits per heavy atom. The van der Waals surface area contributed by atoms with Crippen LogP contribution in [0.3, 0.4) is 0 Å². The van der Waals surface area contributed by atoms with Gasteiger partial charge in [-0.05, 0) is 52.9 Å². The van der Waals surface area contributed by atoms with E-state index in [0.717, 1.165) is 11.1 Å². The minimum atomic E-state index is -4.32. The van der Waals surface area contributed by atoms with Gasteiger partial charge in [0.1, 0.15) is 0 Å². The fraction of sp³-hybridized carbons (Fsp3) is 0.235. The van der Waals surface area contributed by atoms with E-state index >= 15 is 0 Å². The molecule has 10 heteroatoms. The molecule has 0 heterocycles. The molecule has 0 atom stereocenters. The molecule has 1 aliphatic rings. The molecule has 0 amide bonds. The van der Waals surface area contributed by atoms with Crippen LogP contribution in [0.5, 0.6) is 0 Å². The van der Waals surface area contributed by atoms with E-state index in [2.05, 4.69) is 4.74 Å². The Labute approximate surface area is 156 Å². The van der Waals surface area contributed by atoms with Gasteiger partial charge >= 0.3 is 5.97 Å². The average Bonchev–Trinajstić information content (AvgIpc) is 2.97. The molecule has 0 spiro atoms. The summed E-state index contributed by atoms with van der Waals surface area (Å²) in [7, 11) is -7.17. The van der Waals surface area contributed by atoms with E-state index in [9.17, 15) is 26.2 Å². The highest BCUT2D eigenvalue weighted by molar-refractivity contribution is 7.86. The normalized spacial score (nSPS) is 13.1. The maximum atomic E-state index is 12.3. The van der Waals surface area contributed by atoms with Gasteiger partial charge in [-0.15, -0.1) is 0 Å². The molecule has 0 aliphatic heterocycles. The number of hydrogen-bond acceptors (Lipinski definition) is 7. The van der Waals surface area contributed by atoms with E-state index in [1.54, 1.807) is 12.1 Å². The Bertz CT molecular complexity index is 1120. The molecular weight excluding hydrogens is 396 g/mol. The molecule has 8 nitrogen and oxygen atoms in total. The first-order valence-corrected chi connectivity index (χ1v) is 10.7. The van der Waals surface area contributed by atoms with Gasteiger partial charge in [0.15, 0.2) is 0 Å². The molecule has 3 rings (SSSR count). The number of rotatable bonds is 6. The second-order valence-electron chi connectivity index (χ2n) is 5.89. The van der Waals surface area contributed by atoms with E-state index < -0.39 is 26.2 Å². The van der Waals surface area contributed by atoms with Crippen LogP contribution in [0.25, 0.3) is 11.1 Å². The lowest BCUT2D eigenvalue weighted by molar-refractivity contribution is -0.141. The van der Waals surface area contributed by atoms with Crippen LogP contribution in [0.15, 0.2) is 46.2 Å². The van der Waals surface area contributed by atoms with Crippen LogP contribution in [0.4, 0.5) is 0 Å². The zero-order chi connectivity index (χ0) is 19.8. The quantitative estimate of drug-likeness (QED) is 0.369. The lowest BCUT2D eigenvalue weighted by atomic mass is 10.1. The van der Waals surface area contributed by atoms with Crippen LogP contribution < -0.4 is 0 Å². The molecule has 0 aromatic heterocycles. The zero-order valence-electron chi connectivity index (χ0n) is 14.2. The van der Waals surface area contributed by atoms with Crippen molar-refractivity contribution in [1.29, 1.82) is 0 Å². The second-order valence-corrected chi connectivity index (χ2v) is 8.93. The van der Waals surface area contributed by atoms with Crippen molar-refractivity contribution in [1.82, 2.24) is 0 Å². The van der Waals surface area contributed by atoms with Gasteiger partial charge < -0.3 is 4.74 Å². The van der Waals surface area contributed by atoms with Crippen molar-refractivity contribution >= 4 is 26.2 Å². The summed E-state index contributed by atoms with van der Waals surface area (Å²) in [4.78, 5) is 10.8. The number of benzene rings is 2. The minimum Gasteiger partial charge on any atom is -0.469 e. The van der Waals surface area contributed by atoms with E-state index in [1.165, 1.54) is 31.4 Å². The van der Waals surface area contributed by atoms with Crippen molar-refractivity contribution in [2.45, 2.75) is 22.6 Å². The van der Waals surface area contributed by atoms with E-state index in [0.29, 0.717) is 17.5 Å². The molecule has 0 unspecified atom stereocenters. The summed E-state index contributed by atoms with van der Waals surface area (Å²) in [6.45, 7) is -0.329. The molecule has 144 valence electrons. The highest BCUT2D eigenvalue weighted by Gasteiger charge is 2.24. The summed E-state index contributed by atoms with van der Waals surface area (Å²) < 4.78 is 65.6. The van der Waals surface area contributed by atoms with Crippen molar-refractivity contribution in [3.63, 3.8) is 0 Å². The highest BCUT2D eigenvalue weighted by Crippen LogP contribution is 2.38. The van der Waals surface area contributed by atoms with Crippen molar-refractivity contribution in [2.24, 2.45) is 0 Å². The fourth-order valence-electron chi connectivity index (χ4n) is 2.88. The molecule has 27 heavy (non-hydrogen) atoms. The first-order valence-electron chi connectivity index (χ1n) is 7.82. The zero-order valence-corrected chi connectivity index (χ0v) is 15.8. The molecule has 2 aromatic rings. The molecule has 0 bridgehead atoms. The molecular formula is C17H16O8S2. The Morgan fingerprint density at radius 2 is 1.56 bits per heavy atom. The van der Waals surface area contributed by atoms with Crippen molar-refractivity contribution < 1.29 is 35.1 Å². The van der Waals surface area contributed by atoms with Gasteiger partial charge in [0.25, 0.3) is 20.2 Å². The molecule has 0 fully saturated rings. The predicted octanol–water partition coefficient (Wildman–Crippen LogP) is 1.77. The third kappa shape index (κ3) is 4.03. The van der Waals surface area contributed by atoms with Crippen molar-refractivity contribution in [3.05, 3.63) is 47.5 Å². The van der Waals surface area contributed by atoms with Crippen LogP contribution >= 0.6 is 0 Å². The SMILES string of the molecule is COC(=O)CCOS(=O)(=O)c1ccc2c(c1)Cc1cc(S(=O)(=O)O)ccc1-2. The first kappa shape index (κ1) is 19.5. The Hall–Kier alpha value is -2.27. The fourth-order valence-corrected chi connectivity index (χ4v) is 4.38. The van der Waals surface area contributed by atoms with Crippen molar-refractivity contribution in [3.8, 4) is 11.1 Å². The lowest BCUT2D eigenvalue weighted by Crippen LogP contribution is -2.11. The van der Waals surface area contributed by atoms with Gasteiger partial charge in [-0.25, -0.2) is 0 Å². The Morgan fingerprint density at radius 1 is 1.00 bits per heavy atom. The monoisotopic (exact) mass is 412 g/mol. The predicted molar refractivity (Wildman–Crippen MR) is 94.3 cm³/mol. The maximum absolute atomic E-state index is 12.3. The minimum absolute atomic E-state index is 0.0612. The van der Waals surface area contributed by atoms with Crippen LogP contribution in [0, 0.1) is 0 Å². The number of carbonyl (C=O) groups is 1. The summed E-state index contributed by atoms with van der Waals surface area (Å²) in [6, 6.07) is 8.69. The summed E-state index contributed by atoms with van der Waals surface area (Å²) in [5.74, 6) is -0.579. The van der Waals surface area contributed by atoms with E-state index in [-0.39, 0.29) is 22.8 Å². The summed E-state index contributed by atoms with van der Waals surface area (Å²) in [5, 5.41) is 0.